The Morgan fingerprint density at radius 3 is 2.20 bits per heavy atom. The molecule has 192 valence electrons. The minimum absolute atomic E-state index is 0.142. The molecular formula is C25H35FN4O4S. The van der Waals surface area contributed by atoms with Crippen LogP contribution in [0.25, 0.3) is 0 Å². The van der Waals surface area contributed by atoms with Crippen molar-refractivity contribution < 1.29 is 22.4 Å². The molecule has 10 heteroatoms. The molecule has 1 N–H and O–H groups in total. The Hall–Kier alpha value is -2.98. The summed E-state index contributed by atoms with van der Waals surface area (Å²) in [4.78, 5) is 28.1. The number of benzene rings is 2. The Labute approximate surface area is 207 Å². The first-order valence-electron chi connectivity index (χ1n) is 11.6. The second-order valence-electron chi connectivity index (χ2n) is 8.44. The van der Waals surface area contributed by atoms with Gasteiger partial charge in [0.15, 0.2) is 0 Å². The molecule has 0 aliphatic heterocycles. The lowest BCUT2D eigenvalue weighted by Gasteiger charge is -2.34. The predicted octanol–water partition coefficient (Wildman–Crippen LogP) is 3.08. The van der Waals surface area contributed by atoms with Gasteiger partial charge in [-0.3, -0.25) is 9.59 Å². The topological polar surface area (TPSA) is 90.0 Å². The van der Waals surface area contributed by atoms with E-state index in [9.17, 15) is 22.4 Å². The highest BCUT2D eigenvalue weighted by Gasteiger charge is 2.33. The fourth-order valence-electron chi connectivity index (χ4n) is 3.58. The first kappa shape index (κ1) is 28.3. The molecule has 8 nitrogen and oxygen atoms in total. The van der Waals surface area contributed by atoms with E-state index < -0.39 is 34.5 Å². The highest BCUT2D eigenvalue weighted by atomic mass is 32.2. The van der Waals surface area contributed by atoms with Crippen molar-refractivity contribution in [1.82, 2.24) is 14.5 Å². The molecule has 0 aliphatic carbocycles. The molecule has 2 rings (SSSR count). The lowest BCUT2D eigenvalue weighted by atomic mass is 10.1. The molecule has 0 aromatic heterocycles. The van der Waals surface area contributed by atoms with E-state index in [-0.39, 0.29) is 18.1 Å². The SMILES string of the molecule is CCCNC(=O)C(CC)N(Cc1ccccc1C)C(=O)CN(c1ccc(F)cc1)S(=O)(=O)N(C)C. The van der Waals surface area contributed by atoms with Gasteiger partial charge < -0.3 is 10.2 Å². The van der Waals surface area contributed by atoms with Crippen molar-refractivity contribution in [2.24, 2.45) is 0 Å². The third-order valence-electron chi connectivity index (χ3n) is 5.67. The summed E-state index contributed by atoms with van der Waals surface area (Å²) in [6.45, 7) is 5.72. The summed E-state index contributed by atoms with van der Waals surface area (Å²) >= 11 is 0. The van der Waals surface area contributed by atoms with Crippen molar-refractivity contribution in [3.63, 3.8) is 0 Å². The zero-order chi connectivity index (χ0) is 26.2. The van der Waals surface area contributed by atoms with Crippen molar-refractivity contribution in [1.29, 1.82) is 0 Å². The van der Waals surface area contributed by atoms with E-state index in [0.717, 1.165) is 38.3 Å². The second-order valence-corrected chi connectivity index (χ2v) is 10.5. The van der Waals surface area contributed by atoms with E-state index in [2.05, 4.69) is 5.32 Å². The molecule has 2 aromatic rings. The van der Waals surface area contributed by atoms with Gasteiger partial charge in [-0.15, -0.1) is 0 Å². The Morgan fingerprint density at radius 1 is 1.03 bits per heavy atom. The van der Waals surface area contributed by atoms with Crippen LogP contribution in [0.2, 0.25) is 0 Å². The molecular weight excluding hydrogens is 471 g/mol. The van der Waals surface area contributed by atoms with Crippen LogP contribution < -0.4 is 9.62 Å². The van der Waals surface area contributed by atoms with Gasteiger partial charge in [0.2, 0.25) is 11.8 Å². The fourth-order valence-corrected chi connectivity index (χ4v) is 4.64. The van der Waals surface area contributed by atoms with E-state index >= 15 is 0 Å². The van der Waals surface area contributed by atoms with Gasteiger partial charge in [0.25, 0.3) is 0 Å². The number of hydrogen-bond acceptors (Lipinski definition) is 4. The molecule has 0 saturated carbocycles. The molecule has 0 saturated heterocycles. The summed E-state index contributed by atoms with van der Waals surface area (Å²) in [7, 11) is -1.37. The molecule has 0 bridgehead atoms. The average Bonchev–Trinajstić information content (AvgIpc) is 2.82. The second kappa shape index (κ2) is 12.6. The number of aryl methyl sites for hydroxylation is 1. The number of carbonyl (C=O) groups excluding carboxylic acids is 2. The van der Waals surface area contributed by atoms with Gasteiger partial charge in [-0.2, -0.15) is 12.7 Å². The van der Waals surface area contributed by atoms with Crippen LogP contribution in [0, 0.1) is 12.7 Å². The van der Waals surface area contributed by atoms with Crippen LogP contribution in [0.3, 0.4) is 0 Å². The van der Waals surface area contributed by atoms with Crippen LogP contribution in [0.4, 0.5) is 10.1 Å². The molecule has 0 heterocycles. The summed E-state index contributed by atoms with van der Waals surface area (Å²) in [5.74, 6) is -1.36. The first-order chi connectivity index (χ1) is 16.5. The highest BCUT2D eigenvalue weighted by Crippen LogP contribution is 2.22. The monoisotopic (exact) mass is 506 g/mol. The maximum Gasteiger partial charge on any atom is 0.304 e. The molecule has 1 unspecified atom stereocenters. The maximum absolute atomic E-state index is 13.7. The number of carbonyl (C=O) groups is 2. The Kier molecular flexibility index (Phi) is 10.2. The van der Waals surface area contributed by atoms with E-state index in [1.54, 1.807) is 0 Å². The number of hydrogen-bond donors (Lipinski definition) is 1. The number of anilines is 1. The van der Waals surface area contributed by atoms with Crippen molar-refractivity contribution in [3.8, 4) is 0 Å². The molecule has 0 radical (unpaired) electrons. The molecule has 35 heavy (non-hydrogen) atoms. The van der Waals surface area contributed by atoms with Gasteiger partial charge in [0.1, 0.15) is 18.4 Å². The zero-order valence-corrected chi connectivity index (χ0v) is 21.8. The quantitative estimate of drug-likeness (QED) is 0.479. The highest BCUT2D eigenvalue weighted by molar-refractivity contribution is 7.90. The summed E-state index contributed by atoms with van der Waals surface area (Å²) in [5, 5.41) is 2.84. The van der Waals surface area contributed by atoms with Gasteiger partial charge in [-0.25, -0.2) is 8.70 Å². The molecule has 0 aliphatic rings. The Morgan fingerprint density at radius 2 is 1.66 bits per heavy atom. The summed E-state index contributed by atoms with van der Waals surface area (Å²) in [6, 6.07) is 11.6. The van der Waals surface area contributed by atoms with Crippen molar-refractivity contribution in [2.75, 3.05) is 31.5 Å². The number of amides is 2. The van der Waals surface area contributed by atoms with Crippen LogP contribution in [0.1, 0.15) is 37.8 Å². The van der Waals surface area contributed by atoms with E-state index in [1.165, 1.54) is 31.1 Å². The van der Waals surface area contributed by atoms with E-state index in [4.69, 9.17) is 0 Å². The zero-order valence-electron chi connectivity index (χ0n) is 21.0. The fraction of sp³-hybridized carbons (Fsp3) is 0.440. The van der Waals surface area contributed by atoms with Gasteiger partial charge >= 0.3 is 10.2 Å². The first-order valence-corrected chi connectivity index (χ1v) is 13.0. The summed E-state index contributed by atoms with van der Waals surface area (Å²) < 4.78 is 41.7. The molecule has 0 fully saturated rings. The van der Waals surface area contributed by atoms with Crippen molar-refractivity contribution >= 4 is 27.7 Å². The van der Waals surface area contributed by atoms with Crippen LogP contribution in [-0.4, -0.2) is 62.7 Å². The number of halogens is 1. The van der Waals surface area contributed by atoms with Crippen LogP contribution >= 0.6 is 0 Å². The lowest BCUT2D eigenvalue weighted by Crippen LogP contribution is -2.53. The Bertz CT molecular complexity index is 1110. The van der Waals surface area contributed by atoms with Crippen LogP contribution in [-0.2, 0) is 26.3 Å². The normalized spacial score (nSPS) is 12.3. The van der Waals surface area contributed by atoms with Crippen LogP contribution in [0.15, 0.2) is 48.5 Å². The largest absolute Gasteiger partial charge is 0.354 e. The predicted molar refractivity (Wildman–Crippen MR) is 135 cm³/mol. The van der Waals surface area contributed by atoms with Gasteiger partial charge in [-0.05, 0) is 55.2 Å². The Balaban J connectivity index is 2.49. The maximum atomic E-state index is 13.7. The molecule has 0 spiro atoms. The third-order valence-corrected chi connectivity index (χ3v) is 7.49. The summed E-state index contributed by atoms with van der Waals surface area (Å²) in [6.07, 6.45) is 1.09. The minimum Gasteiger partial charge on any atom is -0.354 e. The smallest absolute Gasteiger partial charge is 0.304 e. The number of rotatable bonds is 12. The number of nitrogens with one attached hydrogen (secondary N) is 1. The van der Waals surface area contributed by atoms with Gasteiger partial charge in [-0.1, -0.05) is 38.1 Å². The molecule has 2 amide bonds. The average molecular weight is 507 g/mol. The minimum atomic E-state index is -4.09. The standard InChI is InChI=1S/C25H35FN4O4S/c1-6-16-27-25(32)23(7-2)29(17-20-11-9-8-10-19(20)3)24(31)18-30(35(33,34)28(4)5)22-14-12-21(26)13-15-22/h8-15,23H,6-7,16-18H2,1-5H3,(H,27,32). The van der Waals surface area contributed by atoms with E-state index in [0.29, 0.717) is 13.0 Å². The van der Waals surface area contributed by atoms with Crippen molar-refractivity contribution in [3.05, 3.63) is 65.5 Å². The van der Waals surface area contributed by atoms with E-state index in [1.807, 2.05) is 45.0 Å². The van der Waals surface area contributed by atoms with Crippen LogP contribution in [0.5, 0.6) is 0 Å². The number of nitrogens with zero attached hydrogens (tertiary/aromatic N) is 3. The molecule has 2 aromatic carbocycles. The van der Waals surface area contributed by atoms with Crippen molar-refractivity contribution in [2.45, 2.75) is 46.2 Å². The lowest BCUT2D eigenvalue weighted by molar-refractivity contribution is -0.140. The van der Waals surface area contributed by atoms with Gasteiger partial charge in [0, 0.05) is 27.2 Å². The van der Waals surface area contributed by atoms with Gasteiger partial charge in [0.05, 0.1) is 5.69 Å². The molecule has 1 atom stereocenters. The summed E-state index contributed by atoms with van der Waals surface area (Å²) in [5.41, 5.74) is 1.95. The third kappa shape index (κ3) is 7.25.